The van der Waals surface area contributed by atoms with Crippen LogP contribution >= 0.6 is 0 Å². The fraction of sp³-hybridized carbons (Fsp3) is 0.412. The molecule has 1 unspecified atom stereocenters. The summed E-state index contributed by atoms with van der Waals surface area (Å²) in [6.07, 6.45) is 8.16. The molecule has 90 valence electrons. The van der Waals surface area contributed by atoms with Gasteiger partial charge >= 0.3 is 0 Å². The first-order valence-electron chi connectivity index (χ1n) is 6.69. The highest BCUT2D eigenvalue weighted by atomic mass is 14.2. The molecule has 1 aromatic rings. The predicted molar refractivity (Wildman–Crippen MR) is 76.8 cm³/mol. The van der Waals surface area contributed by atoms with E-state index in [1.165, 1.54) is 30.4 Å². The summed E-state index contributed by atoms with van der Waals surface area (Å²) in [5, 5.41) is 0. The summed E-state index contributed by atoms with van der Waals surface area (Å²) >= 11 is 0. The molecule has 0 aromatic heterocycles. The number of benzene rings is 1. The van der Waals surface area contributed by atoms with Crippen LogP contribution < -0.4 is 0 Å². The Bertz CT molecular complexity index is 449. The van der Waals surface area contributed by atoms with Gasteiger partial charge in [-0.1, -0.05) is 55.8 Å². The van der Waals surface area contributed by atoms with Crippen LogP contribution in [0.25, 0.3) is 11.6 Å². The summed E-state index contributed by atoms with van der Waals surface area (Å²) < 4.78 is 0. The van der Waals surface area contributed by atoms with Gasteiger partial charge in [-0.25, -0.2) is 0 Å². The van der Waals surface area contributed by atoms with Crippen molar-refractivity contribution in [2.24, 2.45) is 5.92 Å². The zero-order chi connectivity index (χ0) is 12.3. The van der Waals surface area contributed by atoms with Crippen LogP contribution in [0.1, 0.15) is 51.2 Å². The van der Waals surface area contributed by atoms with Crippen LogP contribution in [0.5, 0.6) is 0 Å². The first-order chi connectivity index (χ1) is 8.24. The Kier molecular flexibility index (Phi) is 3.83. The van der Waals surface area contributed by atoms with Gasteiger partial charge in [0.15, 0.2) is 0 Å². The van der Waals surface area contributed by atoms with E-state index in [2.05, 4.69) is 57.2 Å². The van der Waals surface area contributed by atoms with Crippen molar-refractivity contribution in [3.63, 3.8) is 0 Å². The van der Waals surface area contributed by atoms with E-state index in [0.717, 1.165) is 0 Å². The summed E-state index contributed by atoms with van der Waals surface area (Å²) in [5.74, 6) is 0.655. The zero-order valence-corrected chi connectivity index (χ0v) is 11.2. The fourth-order valence-electron chi connectivity index (χ4n) is 2.65. The zero-order valence-electron chi connectivity index (χ0n) is 11.2. The molecule has 0 spiro atoms. The topological polar surface area (TPSA) is 0 Å². The van der Waals surface area contributed by atoms with Gasteiger partial charge in [0.05, 0.1) is 0 Å². The number of hydrogen-bond donors (Lipinski definition) is 0. The van der Waals surface area contributed by atoms with E-state index >= 15 is 0 Å². The first kappa shape index (κ1) is 12.2. The van der Waals surface area contributed by atoms with Gasteiger partial charge in [0.1, 0.15) is 0 Å². The third kappa shape index (κ3) is 2.52. The van der Waals surface area contributed by atoms with Gasteiger partial charge in [-0.2, -0.15) is 0 Å². The largest absolute Gasteiger partial charge is 0.0836 e. The molecular weight excluding hydrogens is 204 g/mol. The lowest BCUT2D eigenvalue weighted by atomic mass is 9.83. The average molecular weight is 226 g/mol. The summed E-state index contributed by atoms with van der Waals surface area (Å²) in [7, 11) is 0. The van der Waals surface area contributed by atoms with Gasteiger partial charge in [0.2, 0.25) is 0 Å². The molecule has 1 atom stereocenters. The van der Waals surface area contributed by atoms with Crippen molar-refractivity contribution in [1.82, 2.24) is 0 Å². The molecule has 1 aliphatic rings. The Morgan fingerprint density at radius 3 is 2.76 bits per heavy atom. The quantitative estimate of drug-likeness (QED) is 0.640. The van der Waals surface area contributed by atoms with E-state index in [1.807, 2.05) is 0 Å². The van der Waals surface area contributed by atoms with E-state index in [-0.39, 0.29) is 0 Å². The molecule has 0 radical (unpaired) electrons. The van der Waals surface area contributed by atoms with E-state index in [9.17, 15) is 0 Å². The van der Waals surface area contributed by atoms with Crippen LogP contribution in [0, 0.1) is 5.92 Å². The van der Waals surface area contributed by atoms with Crippen LogP contribution in [0.3, 0.4) is 0 Å². The molecular formula is C17H22. The van der Waals surface area contributed by atoms with Gasteiger partial charge < -0.3 is 0 Å². The van der Waals surface area contributed by atoms with Crippen LogP contribution in [-0.4, -0.2) is 0 Å². The maximum atomic E-state index is 2.35. The highest BCUT2D eigenvalue weighted by Crippen LogP contribution is 2.34. The van der Waals surface area contributed by atoms with Gasteiger partial charge in [-0.05, 0) is 48.8 Å². The van der Waals surface area contributed by atoms with Gasteiger partial charge in [0, 0.05) is 0 Å². The highest BCUT2D eigenvalue weighted by Gasteiger charge is 2.15. The molecule has 0 nitrogen and oxygen atoms in total. The minimum atomic E-state index is 0.655. The lowest BCUT2D eigenvalue weighted by Gasteiger charge is -2.22. The maximum absolute atomic E-state index is 2.35. The SMILES string of the molecule is CCC(C)C1=C(C)CCC=Cc2ccccc21. The van der Waals surface area contributed by atoms with Crippen molar-refractivity contribution >= 4 is 11.6 Å². The molecule has 2 rings (SSSR count). The van der Waals surface area contributed by atoms with Crippen molar-refractivity contribution in [3.8, 4) is 0 Å². The number of rotatable bonds is 2. The lowest BCUT2D eigenvalue weighted by molar-refractivity contribution is 0.708. The molecule has 0 saturated heterocycles. The normalized spacial score (nSPS) is 17.4. The van der Waals surface area contributed by atoms with Crippen LogP contribution in [0.15, 0.2) is 35.9 Å². The number of allylic oxidation sites excluding steroid dienone is 3. The first-order valence-corrected chi connectivity index (χ1v) is 6.69. The fourth-order valence-corrected chi connectivity index (χ4v) is 2.65. The van der Waals surface area contributed by atoms with Crippen molar-refractivity contribution in [2.45, 2.75) is 40.0 Å². The van der Waals surface area contributed by atoms with Crippen LogP contribution in [0.4, 0.5) is 0 Å². The van der Waals surface area contributed by atoms with Crippen LogP contribution in [-0.2, 0) is 0 Å². The van der Waals surface area contributed by atoms with Crippen molar-refractivity contribution in [2.75, 3.05) is 0 Å². The smallest absolute Gasteiger partial charge is 0.0150 e. The van der Waals surface area contributed by atoms with E-state index in [1.54, 1.807) is 11.1 Å². The molecule has 0 heterocycles. The van der Waals surface area contributed by atoms with E-state index in [4.69, 9.17) is 0 Å². The summed E-state index contributed by atoms with van der Waals surface area (Å²) in [5.41, 5.74) is 5.96. The molecule has 17 heavy (non-hydrogen) atoms. The van der Waals surface area contributed by atoms with Crippen molar-refractivity contribution in [3.05, 3.63) is 47.0 Å². The average Bonchev–Trinajstić information content (AvgIpc) is 2.34. The number of fused-ring (bicyclic) bond motifs is 1. The predicted octanol–water partition coefficient (Wildman–Crippen LogP) is 5.31. The van der Waals surface area contributed by atoms with E-state index < -0.39 is 0 Å². The van der Waals surface area contributed by atoms with E-state index in [0.29, 0.717) is 5.92 Å². The second-order valence-electron chi connectivity index (χ2n) is 5.03. The summed E-state index contributed by atoms with van der Waals surface area (Å²) in [4.78, 5) is 0. The maximum Gasteiger partial charge on any atom is -0.0150 e. The molecule has 0 amide bonds. The summed E-state index contributed by atoms with van der Waals surface area (Å²) in [6.45, 7) is 6.93. The molecule has 1 aromatic carbocycles. The second-order valence-corrected chi connectivity index (χ2v) is 5.03. The molecule has 0 saturated carbocycles. The lowest BCUT2D eigenvalue weighted by Crippen LogP contribution is -2.03. The van der Waals surface area contributed by atoms with Crippen LogP contribution in [0.2, 0.25) is 0 Å². The minimum Gasteiger partial charge on any atom is -0.0836 e. The Balaban J connectivity index is 2.58. The Morgan fingerprint density at radius 1 is 1.24 bits per heavy atom. The van der Waals surface area contributed by atoms with Gasteiger partial charge in [0.25, 0.3) is 0 Å². The molecule has 1 aliphatic carbocycles. The molecule has 0 heteroatoms. The van der Waals surface area contributed by atoms with Crippen molar-refractivity contribution in [1.29, 1.82) is 0 Å². The molecule has 0 fully saturated rings. The third-order valence-electron chi connectivity index (χ3n) is 3.80. The standard InChI is InChI=1S/C17H22/c1-4-13(2)17-14(3)9-5-6-10-15-11-7-8-12-16(15)17/h6-8,10-13H,4-5,9H2,1-3H3. The number of hydrogen-bond acceptors (Lipinski definition) is 0. The minimum absolute atomic E-state index is 0.655. The second kappa shape index (κ2) is 5.35. The molecule has 0 N–H and O–H groups in total. The van der Waals surface area contributed by atoms with Crippen molar-refractivity contribution < 1.29 is 0 Å². The Morgan fingerprint density at radius 2 is 2.00 bits per heavy atom. The Labute approximate surface area is 105 Å². The molecule has 0 aliphatic heterocycles. The summed E-state index contributed by atoms with van der Waals surface area (Å²) in [6, 6.07) is 8.79. The van der Waals surface area contributed by atoms with Gasteiger partial charge in [-0.15, -0.1) is 0 Å². The highest BCUT2D eigenvalue weighted by molar-refractivity contribution is 5.77. The monoisotopic (exact) mass is 226 g/mol. The molecule has 0 bridgehead atoms. The third-order valence-corrected chi connectivity index (χ3v) is 3.80. The van der Waals surface area contributed by atoms with Gasteiger partial charge in [-0.3, -0.25) is 0 Å². The Hall–Kier alpha value is -1.30.